The molecule has 2 aromatic rings. The molecule has 3 atom stereocenters. The van der Waals surface area contributed by atoms with Gasteiger partial charge in [-0.15, -0.1) is 0 Å². The van der Waals surface area contributed by atoms with Gasteiger partial charge in [0.15, 0.2) is 17.1 Å². The highest BCUT2D eigenvalue weighted by Crippen LogP contribution is 2.52. The first-order valence-corrected chi connectivity index (χ1v) is 9.80. The number of hydrogen-bond donors (Lipinski definition) is 2. The molecule has 5 rings (SSSR count). The quantitative estimate of drug-likeness (QED) is 0.755. The first-order chi connectivity index (χ1) is 14.7. The molecule has 0 aromatic heterocycles. The third-order valence-electron chi connectivity index (χ3n) is 5.83. The Kier molecular flexibility index (Phi) is 4.06. The van der Waals surface area contributed by atoms with Gasteiger partial charge in [-0.1, -0.05) is 0 Å². The molecule has 0 fully saturated rings. The molecule has 2 aromatic carbocycles. The van der Waals surface area contributed by atoms with Crippen LogP contribution in [0, 0.1) is 0 Å². The number of methoxy groups -OCH3 is 2. The SMILES string of the molecule is COc1cc2c(cc1OC)C1(O)C(=O)c3ccc4c(c3OC1C(O)O2)C=CC(C)(C)O4. The fraction of sp³-hybridized carbons (Fsp3) is 0.348. The molecule has 31 heavy (non-hydrogen) atoms. The highest BCUT2D eigenvalue weighted by atomic mass is 16.6. The van der Waals surface area contributed by atoms with Gasteiger partial charge in [-0.25, -0.2) is 0 Å². The summed E-state index contributed by atoms with van der Waals surface area (Å²) in [6.45, 7) is 3.82. The number of aliphatic hydroxyl groups excluding tert-OH is 1. The van der Waals surface area contributed by atoms with E-state index in [1.54, 1.807) is 12.1 Å². The fourth-order valence-corrected chi connectivity index (χ4v) is 4.27. The lowest BCUT2D eigenvalue weighted by Gasteiger charge is -2.45. The standard InChI is InChI=1S/C23H22O8/c1-22(2)8-7-11-14(31-22)6-5-12-18(11)30-20-21(25)29-15-10-17(28-4)16(27-3)9-13(15)23(20,26)19(12)24/h5-10,20-21,25-26H,1-4H3. The van der Waals surface area contributed by atoms with E-state index < -0.39 is 29.4 Å². The van der Waals surface area contributed by atoms with Crippen LogP contribution >= 0.6 is 0 Å². The highest BCUT2D eigenvalue weighted by molar-refractivity contribution is 6.08. The Morgan fingerprint density at radius 1 is 1.03 bits per heavy atom. The molecule has 3 unspecified atom stereocenters. The van der Waals surface area contributed by atoms with Crippen LogP contribution in [-0.2, 0) is 5.60 Å². The normalized spacial score (nSPS) is 26.8. The van der Waals surface area contributed by atoms with Gasteiger partial charge in [-0.3, -0.25) is 4.79 Å². The van der Waals surface area contributed by atoms with Gasteiger partial charge in [0.1, 0.15) is 22.8 Å². The lowest BCUT2D eigenvalue weighted by molar-refractivity contribution is -0.179. The monoisotopic (exact) mass is 426 g/mol. The smallest absolute Gasteiger partial charge is 0.238 e. The van der Waals surface area contributed by atoms with Crippen molar-refractivity contribution in [2.45, 2.75) is 37.4 Å². The topological polar surface area (TPSA) is 104 Å². The van der Waals surface area contributed by atoms with Crippen LogP contribution in [0.3, 0.4) is 0 Å². The van der Waals surface area contributed by atoms with Crippen LogP contribution in [0.4, 0.5) is 0 Å². The van der Waals surface area contributed by atoms with Gasteiger partial charge in [0, 0.05) is 11.6 Å². The van der Waals surface area contributed by atoms with Crippen LogP contribution < -0.4 is 23.7 Å². The van der Waals surface area contributed by atoms with Crippen molar-refractivity contribution in [1.82, 2.24) is 0 Å². The second-order valence-electron chi connectivity index (χ2n) is 8.24. The fourth-order valence-electron chi connectivity index (χ4n) is 4.27. The molecular weight excluding hydrogens is 404 g/mol. The Morgan fingerprint density at radius 2 is 1.74 bits per heavy atom. The van der Waals surface area contributed by atoms with Gasteiger partial charge in [0.25, 0.3) is 0 Å². The molecule has 8 nitrogen and oxygen atoms in total. The molecule has 0 amide bonds. The maximum absolute atomic E-state index is 13.6. The second kappa shape index (κ2) is 6.38. The largest absolute Gasteiger partial charge is 0.493 e. The Bertz CT molecular complexity index is 1130. The van der Waals surface area contributed by atoms with E-state index in [0.29, 0.717) is 22.8 Å². The third-order valence-corrected chi connectivity index (χ3v) is 5.83. The zero-order valence-corrected chi connectivity index (χ0v) is 17.5. The van der Waals surface area contributed by atoms with Crippen molar-refractivity contribution in [2.24, 2.45) is 0 Å². The van der Waals surface area contributed by atoms with Crippen molar-refractivity contribution in [3.05, 3.63) is 47.0 Å². The van der Waals surface area contributed by atoms with Crippen LogP contribution in [0.25, 0.3) is 6.08 Å². The van der Waals surface area contributed by atoms with Crippen molar-refractivity contribution in [3.63, 3.8) is 0 Å². The van der Waals surface area contributed by atoms with E-state index in [0.717, 1.165) is 0 Å². The summed E-state index contributed by atoms with van der Waals surface area (Å²) in [5.41, 5.74) is -1.82. The number of ether oxygens (including phenoxy) is 5. The molecule has 8 heteroatoms. The summed E-state index contributed by atoms with van der Waals surface area (Å²) in [7, 11) is 2.89. The number of aliphatic hydroxyl groups is 2. The molecule has 162 valence electrons. The zero-order chi connectivity index (χ0) is 22.1. The molecule has 0 spiro atoms. The number of fused-ring (bicyclic) bond motifs is 6. The Morgan fingerprint density at radius 3 is 2.45 bits per heavy atom. The lowest BCUT2D eigenvalue weighted by atomic mass is 9.76. The van der Waals surface area contributed by atoms with Crippen LogP contribution in [0.2, 0.25) is 0 Å². The van der Waals surface area contributed by atoms with E-state index in [1.807, 2.05) is 26.0 Å². The highest BCUT2D eigenvalue weighted by Gasteiger charge is 2.60. The summed E-state index contributed by atoms with van der Waals surface area (Å²) in [5, 5.41) is 22.3. The molecular formula is C23H22O8. The van der Waals surface area contributed by atoms with Crippen molar-refractivity contribution >= 4 is 11.9 Å². The van der Waals surface area contributed by atoms with Gasteiger partial charge < -0.3 is 33.9 Å². The third kappa shape index (κ3) is 2.65. The molecule has 0 bridgehead atoms. The summed E-state index contributed by atoms with van der Waals surface area (Å²) in [5.74, 6) is 0.899. The van der Waals surface area contributed by atoms with Gasteiger partial charge in [0.05, 0.1) is 25.3 Å². The number of rotatable bonds is 2. The minimum Gasteiger partial charge on any atom is -0.493 e. The van der Waals surface area contributed by atoms with Gasteiger partial charge in [0.2, 0.25) is 18.2 Å². The first kappa shape index (κ1) is 19.7. The molecule has 0 aliphatic carbocycles. The van der Waals surface area contributed by atoms with Crippen LogP contribution in [0.5, 0.6) is 28.7 Å². The molecule has 0 radical (unpaired) electrons. The maximum atomic E-state index is 13.6. The molecule has 0 saturated carbocycles. The van der Waals surface area contributed by atoms with E-state index in [2.05, 4.69) is 0 Å². The average Bonchev–Trinajstić information content (AvgIpc) is 2.73. The van der Waals surface area contributed by atoms with Crippen molar-refractivity contribution < 1.29 is 38.7 Å². The van der Waals surface area contributed by atoms with E-state index >= 15 is 0 Å². The summed E-state index contributed by atoms with van der Waals surface area (Å²) >= 11 is 0. The van der Waals surface area contributed by atoms with E-state index in [1.165, 1.54) is 26.4 Å². The number of benzene rings is 2. The van der Waals surface area contributed by atoms with E-state index in [9.17, 15) is 15.0 Å². The number of ketones is 1. The minimum atomic E-state index is -2.19. The zero-order valence-electron chi connectivity index (χ0n) is 17.5. The minimum absolute atomic E-state index is 0.104. The number of carbonyl (C=O) groups excluding carboxylic acids is 1. The Labute approximate surface area is 178 Å². The van der Waals surface area contributed by atoms with Crippen LogP contribution in [-0.4, -0.2) is 48.2 Å². The summed E-state index contributed by atoms with van der Waals surface area (Å²) in [6.07, 6.45) is 0.666. The molecule has 3 heterocycles. The van der Waals surface area contributed by atoms with E-state index in [4.69, 9.17) is 23.7 Å². The Hall–Kier alpha value is -3.23. The van der Waals surface area contributed by atoms with Gasteiger partial charge in [-0.2, -0.15) is 0 Å². The molecule has 3 aliphatic rings. The molecule has 2 N–H and O–H groups in total. The summed E-state index contributed by atoms with van der Waals surface area (Å²) in [6, 6.07) is 6.15. The Balaban J connectivity index is 1.70. The average molecular weight is 426 g/mol. The van der Waals surface area contributed by atoms with Gasteiger partial charge >= 0.3 is 0 Å². The number of Topliss-reactive ketones (excluding diaryl/α,β-unsaturated/α-hetero) is 1. The van der Waals surface area contributed by atoms with Crippen molar-refractivity contribution in [3.8, 4) is 28.7 Å². The molecule has 3 aliphatic heterocycles. The first-order valence-electron chi connectivity index (χ1n) is 9.80. The van der Waals surface area contributed by atoms with Gasteiger partial charge in [-0.05, 0) is 44.2 Å². The second-order valence-corrected chi connectivity index (χ2v) is 8.24. The predicted octanol–water partition coefficient (Wildman–Crippen LogP) is 2.43. The maximum Gasteiger partial charge on any atom is 0.238 e. The number of carbonyl (C=O) groups is 1. The predicted molar refractivity (Wildman–Crippen MR) is 109 cm³/mol. The molecule has 0 saturated heterocycles. The summed E-state index contributed by atoms with van der Waals surface area (Å²) < 4.78 is 28.1. The lowest BCUT2D eigenvalue weighted by Crippen LogP contribution is -2.61. The number of hydrogen-bond acceptors (Lipinski definition) is 8. The summed E-state index contributed by atoms with van der Waals surface area (Å²) in [4.78, 5) is 13.6. The van der Waals surface area contributed by atoms with Crippen molar-refractivity contribution in [2.75, 3.05) is 14.2 Å². The van der Waals surface area contributed by atoms with E-state index in [-0.39, 0.29) is 22.6 Å². The van der Waals surface area contributed by atoms with Crippen LogP contribution in [0.1, 0.15) is 35.3 Å². The van der Waals surface area contributed by atoms with Crippen molar-refractivity contribution in [1.29, 1.82) is 0 Å². The van der Waals surface area contributed by atoms with Crippen LogP contribution in [0.15, 0.2) is 30.3 Å².